The Balaban J connectivity index is 2.13. The molecule has 0 spiro atoms. The lowest BCUT2D eigenvalue weighted by molar-refractivity contribution is 0.529. The van der Waals surface area contributed by atoms with E-state index >= 15 is 0 Å². The molecule has 9 heavy (non-hydrogen) atoms. The first-order valence-corrected chi connectivity index (χ1v) is 3.67. The first-order valence-electron chi connectivity index (χ1n) is 3.67. The maximum absolute atomic E-state index is 4.36. The van der Waals surface area contributed by atoms with Crippen molar-refractivity contribution in [3.05, 3.63) is 11.6 Å². The van der Waals surface area contributed by atoms with Gasteiger partial charge in [-0.05, 0) is 25.2 Å². The van der Waals surface area contributed by atoms with E-state index in [1.54, 1.807) is 5.57 Å². The Morgan fingerprint density at radius 3 is 3.22 bits per heavy atom. The third kappa shape index (κ3) is 0.799. The molecule has 1 aliphatic heterocycles. The first kappa shape index (κ1) is 5.48. The van der Waals surface area contributed by atoms with Crippen LogP contribution in [-0.2, 0) is 0 Å². The molecule has 0 N–H and O–H groups in total. The van der Waals surface area contributed by atoms with E-state index in [1.165, 1.54) is 6.42 Å². The third-order valence-electron chi connectivity index (χ3n) is 2.39. The molecule has 1 radical (unpaired) electrons. The topological polar surface area (TPSA) is 14.1 Å². The molecule has 1 nitrogen and oxygen atoms in total. The van der Waals surface area contributed by atoms with Crippen LogP contribution in [0.25, 0.3) is 0 Å². The van der Waals surface area contributed by atoms with Crippen LogP contribution in [0.2, 0.25) is 0 Å². The minimum atomic E-state index is 0.824. The van der Waals surface area contributed by atoms with Crippen molar-refractivity contribution in [3.63, 3.8) is 0 Å². The zero-order valence-electron chi connectivity index (χ0n) is 5.80. The van der Waals surface area contributed by atoms with Gasteiger partial charge in [0.25, 0.3) is 0 Å². The Bertz CT molecular complexity index is 149. The van der Waals surface area contributed by atoms with Crippen molar-refractivity contribution < 1.29 is 0 Å². The quantitative estimate of drug-likeness (QED) is 0.428. The summed E-state index contributed by atoms with van der Waals surface area (Å²) in [7, 11) is 0. The van der Waals surface area contributed by atoms with E-state index in [1.807, 2.05) is 0 Å². The lowest BCUT2D eigenvalue weighted by Crippen LogP contribution is -2.02. The molecule has 49 valence electrons. The number of rotatable bonds is 0. The van der Waals surface area contributed by atoms with Crippen LogP contribution in [0.1, 0.15) is 13.3 Å². The van der Waals surface area contributed by atoms with Crippen molar-refractivity contribution in [2.75, 3.05) is 13.1 Å². The summed E-state index contributed by atoms with van der Waals surface area (Å²) in [6, 6.07) is 0. The van der Waals surface area contributed by atoms with Crippen LogP contribution in [-0.4, -0.2) is 13.1 Å². The van der Waals surface area contributed by atoms with Gasteiger partial charge in [-0.2, -0.15) is 0 Å². The molecular formula is C8H12N. The van der Waals surface area contributed by atoms with Gasteiger partial charge in [-0.3, -0.25) is 0 Å². The van der Waals surface area contributed by atoms with Gasteiger partial charge in [-0.15, -0.1) is 0 Å². The van der Waals surface area contributed by atoms with Gasteiger partial charge in [0.05, 0.1) is 0 Å². The average Bonchev–Trinajstić information content (AvgIpc) is 2.22. The molecule has 2 rings (SSSR count). The molecule has 0 aromatic carbocycles. The van der Waals surface area contributed by atoms with Crippen LogP contribution in [0.3, 0.4) is 0 Å². The number of nitrogens with zero attached hydrogens (tertiary/aromatic N) is 1. The molecule has 0 bridgehead atoms. The fraction of sp³-hybridized carbons (Fsp3) is 0.750. The Labute approximate surface area is 56.1 Å². The van der Waals surface area contributed by atoms with Gasteiger partial charge < -0.3 is 0 Å². The molecule has 2 aliphatic rings. The predicted octanol–water partition coefficient (Wildman–Crippen LogP) is 1.19. The molecule has 0 saturated carbocycles. The molecule has 1 fully saturated rings. The minimum absolute atomic E-state index is 0.824. The summed E-state index contributed by atoms with van der Waals surface area (Å²) in [5.74, 6) is 1.72. The molecule has 1 saturated heterocycles. The highest BCUT2D eigenvalue weighted by molar-refractivity contribution is 5.14. The van der Waals surface area contributed by atoms with Crippen LogP contribution in [0, 0.1) is 11.8 Å². The van der Waals surface area contributed by atoms with Crippen molar-refractivity contribution >= 4 is 0 Å². The summed E-state index contributed by atoms with van der Waals surface area (Å²) in [5, 5.41) is 4.36. The van der Waals surface area contributed by atoms with Gasteiger partial charge in [0, 0.05) is 13.1 Å². The molecule has 1 heterocycles. The van der Waals surface area contributed by atoms with Crippen molar-refractivity contribution in [2.24, 2.45) is 11.8 Å². The van der Waals surface area contributed by atoms with Crippen molar-refractivity contribution in [1.29, 1.82) is 0 Å². The Hall–Kier alpha value is -0.300. The van der Waals surface area contributed by atoms with Gasteiger partial charge in [0.15, 0.2) is 0 Å². The van der Waals surface area contributed by atoms with Gasteiger partial charge in [-0.25, -0.2) is 5.32 Å². The molecule has 1 heteroatoms. The smallest absolute Gasteiger partial charge is 0.0199 e. The lowest BCUT2D eigenvalue weighted by Gasteiger charge is -2.03. The van der Waals surface area contributed by atoms with Gasteiger partial charge in [0.2, 0.25) is 0 Å². The Morgan fingerprint density at radius 2 is 2.44 bits per heavy atom. The normalized spacial score (nSPS) is 40.8. The second kappa shape index (κ2) is 1.84. The van der Waals surface area contributed by atoms with Crippen LogP contribution >= 0.6 is 0 Å². The average molecular weight is 122 g/mol. The second-order valence-corrected chi connectivity index (χ2v) is 3.23. The monoisotopic (exact) mass is 122 g/mol. The summed E-state index contributed by atoms with van der Waals surface area (Å²) < 4.78 is 0. The van der Waals surface area contributed by atoms with Crippen LogP contribution in [0.5, 0.6) is 0 Å². The predicted molar refractivity (Wildman–Crippen MR) is 37.2 cm³/mol. The summed E-state index contributed by atoms with van der Waals surface area (Å²) in [6.07, 6.45) is 3.72. The van der Waals surface area contributed by atoms with Gasteiger partial charge in [0.1, 0.15) is 0 Å². The van der Waals surface area contributed by atoms with E-state index in [-0.39, 0.29) is 0 Å². The van der Waals surface area contributed by atoms with E-state index in [0.29, 0.717) is 0 Å². The number of fused-ring (bicyclic) bond motifs is 1. The fourth-order valence-electron chi connectivity index (χ4n) is 1.93. The van der Waals surface area contributed by atoms with Crippen LogP contribution in [0.15, 0.2) is 11.6 Å². The second-order valence-electron chi connectivity index (χ2n) is 3.23. The van der Waals surface area contributed by atoms with Crippen LogP contribution in [0.4, 0.5) is 0 Å². The molecule has 1 aliphatic carbocycles. The van der Waals surface area contributed by atoms with Gasteiger partial charge >= 0.3 is 0 Å². The Morgan fingerprint density at radius 1 is 1.56 bits per heavy atom. The number of hydrogen-bond donors (Lipinski definition) is 0. The van der Waals surface area contributed by atoms with Crippen molar-refractivity contribution in [2.45, 2.75) is 13.3 Å². The van der Waals surface area contributed by atoms with E-state index in [2.05, 4.69) is 18.3 Å². The molecule has 0 aromatic heterocycles. The zero-order valence-corrected chi connectivity index (χ0v) is 5.80. The van der Waals surface area contributed by atoms with Gasteiger partial charge in [-0.1, -0.05) is 11.6 Å². The third-order valence-corrected chi connectivity index (χ3v) is 2.39. The van der Waals surface area contributed by atoms with E-state index < -0.39 is 0 Å². The molecule has 2 atom stereocenters. The van der Waals surface area contributed by atoms with E-state index in [9.17, 15) is 0 Å². The summed E-state index contributed by atoms with van der Waals surface area (Å²) in [6.45, 7) is 4.46. The highest BCUT2D eigenvalue weighted by Crippen LogP contribution is 2.32. The standard InChI is InChI=1S/C8H12N/c1-6-2-7-4-9-5-8(7)3-6/h2,7-8H,3-5H2,1H3/t7-,8+/m0/s1. The highest BCUT2D eigenvalue weighted by atomic mass is 14.9. The SMILES string of the molecule is CC1=C[C@H]2C[N]C[C@H]2C1. The fourth-order valence-corrected chi connectivity index (χ4v) is 1.93. The number of hydrogen-bond acceptors (Lipinski definition) is 0. The summed E-state index contributed by atoms with van der Waals surface area (Å²) in [5.41, 5.74) is 1.58. The molecular weight excluding hydrogens is 110 g/mol. The maximum Gasteiger partial charge on any atom is 0.0199 e. The summed E-state index contributed by atoms with van der Waals surface area (Å²) >= 11 is 0. The van der Waals surface area contributed by atoms with E-state index in [4.69, 9.17) is 0 Å². The van der Waals surface area contributed by atoms with Crippen molar-refractivity contribution in [1.82, 2.24) is 5.32 Å². The van der Waals surface area contributed by atoms with E-state index in [0.717, 1.165) is 24.9 Å². The maximum atomic E-state index is 4.36. The molecule has 0 unspecified atom stereocenters. The molecule has 0 amide bonds. The van der Waals surface area contributed by atoms with Crippen molar-refractivity contribution in [3.8, 4) is 0 Å². The largest absolute Gasteiger partial charge is 0.241 e. The molecule has 0 aromatic rings. The lowest BCUT2D eigenvalue weighted by atomic mass is 10.00. The first-order chi connectivity index (χ1) is 4.36. The highest BCUT2D eigenvalue weighted by Gasteiger charge is 2.30. The zero-order chi connectivity index (χ0) is 6.27. The Kier molecular flexibility index (Phi) is 1.12. The van der Waals surface area contributed by atoms with Crippen LogP contribution < -0.4 is 5.32 Å². The number of allylic oxidation sites excluding steroid dienone is 1. The minimum Gasteiger partial charge on any atom is -0.241 e. The summed E-state index contributed by atoms with van der Waals surface area (Å²) in [4.78, 5) is 0.